The van der Waals surface area contributed by atoms with E-state index < -0.39 is 0 Å². The second-order valence-electron chi connectivity index (χ2n) is 4.84. The number of thiazole rings is 1. The Morgan fingerprint density at radius 2 is 2.21 bits per heavy atom. The number of halogens is 2. The van der Waals surface area contributed by atoms with E-state index in [9.17, 15) is 0 Å². The average Bonchev–Trinajstić information content (AvgIpc) is 2.78. The molecule has 112 valence electrons. The smallest absolute Gasteiger partial charge is 0.0928 e. The molecule has 0 aromatic carbocycles. The molecule has 2 heterocycles. The molecule has 1 aromatic heterocycles. The molecule has 1 unspecified atom stereocenters. The Bertz CT molecular complexity index is 346. The highest BCUT2D eigenvalue weighted by Crippen LogP contribution is 2.20. The first kappa shape index (κ1) is 19.1. The summed E-state index contributed by atoms with van der Waals surface area (Å²) in [6, 6.07) is 0.570. The zero-order valence-corrected chi connectivity index (χ0v) is 14.0. The summed E-state index contributed by atoms with van der Waals surface area (Å²) in [6.45, 7) is 5.16. The molecule has 1 saturated heterocycles. The van der Waals surface area contributed by atoms with Crippen LogP contribution >= 0.6 is 36.2 Å². The second kappa shape index (κ2) is 9.94. The Balaban J connectivity index is 0.00000162. The molecule has 1 aliphatic heterocycles. The van der Waals surface area contributed by atoms with Gasteiger partial charge in [-0.05, 0) is 32.2 Å². The summed E-state index contributed by atoms with van der Waals surface area (Å²) in [5, 5.41) is 3.50. The van der Waals surface area contributed by atoms with Gasteiger partial charge in [0.1, 0.15) is 0 Å². The minimum absolute atomic E-state index is 0. The Hall–Kier alpha value is 0.130. The Morgan fingerprint density at radius 3 is 2.89 bits per heavy atom. The van der Waals surface area contributed by atoms with Crippen LogP contribution < -0.4 is 5.73 Å². The Kier molecular flexibility index (Phi) is 10.0. The molecule has 1 fully saturated rings. The maximum Gasteiger partial charge on any atom is 0.0928 e. The van der Waals surface area contributed by atoms with Crippen molar-refractivity contribution >= 4 is 36.2 Å². The van der Waals surface area contributed by atoms with Gasteiger partial charge in [0, 0.05) is 24.5 Å². The lowest BCUT2D eigenvalue weighted by Crippen LogP contribution is -2.43. The van der Waals surface area contributed by atoms with E-state index in [-0.39, 0.29) is 24.8 Å². The number of piperidine rings is 1. The molecular weight excluding hydrogens is 301 g/mol. The molecular formula is C13H25Cl2N3S. The molecule has 6 heteroatoms. The van der Waals surface area contributed by atoms with Gasteiger partial charge in [0.2, 0.25) is 0 Å². The first-order valence-electron chi connectivity index (χ1n) is 6.71. The number of rotatable bonds is 5. The molecule has 0 bridgehead atoms. The van der Waals surface area contributed by atoms with Crippen LogP contribution in [0.1, 0.15) is 43.3 Å². The molecule has 2 N–H and O–H groups in total. The lowest BCUT2D eigenvalue weighted by Gasteiger charge is -2.34. The number of nitrogens with two attached hydrogens (primary N) is 1. The molecule has 0 saturated carbocycles. The van der Waals surface area contributed by atoms with Gasteiger partial charge in [0.15, 0.2) is 0 Å². The molecule has 1 atom stereocenters. The molecule has 1 aromatic rings. The zero-order chi connectivity index (χ0) is 12.1. The van der Waals surface area contributed by atoms with Gasteiger partial charge >= 0.3 is 0 Å². The number of hydrogen-bond acceptors (Lipinski definition) is 4. The predicted molar refractivity (Wildman–Crippen MR) is 87.7 cm³/mol. The van der Waals surface area contributed by atoms with Crippen LogP contribution in [0.4, 0.5) is 0 Å². The molecule has 19 heavy (non-hydrogen) atoms. The van der Waals surface area contributed by atoms with Gasteiger partial charge in [-0.25, -0.2) is 4.98 Å². The largest absolute Gasteiger partial charge is 0.329 e. The molecule has 2 rings (SSSR count). The monoisotopic (exact) mass is 325 g/mol. The van der Waals surface area contributed by atoms with Gasteiger partial charge in [-0.2, -0.15) is 0 Å². The zero-order valence-electron chi connectivity index (χ0n) is 11.5. The van der Waals surface area contributed by atoms with Gasteiger partial charge in [0.05, 0.1) is 10.7 Å². The van der Waals surface area contributed by atoms with Gasteiger partial charge in [-0.1, -0.05) is 13.3 Å². The van der Waals surface area contributed by atoms with Gasteiger partial charge in [-0.3, -0.25) is 4.90 Å². The fourth-order valence-corrected chi connectivity index (χ4v) is 3.38. The summed E-state index contributed by atoms with van der Waals surface area (Å²) in [5.74, 6) is 0. The van der Waals surface area contributed by atoms with Crippen LogP contribution in [0.5, 0.6) is 0 Å². The van der Waals surface area contributed by atoms with Crippen molar-refractivity contribution in [1.29, 1.82) is 0 Å². The highest BCUT2D eigenvalue weighted by Gasteiger charge is 2.21. The SMILES string of the molecule is CCCc1nc(CN2CCCCC2CN)cs1.Cl.Cl. The molecule has 0 spiro atoms. The van der Waals surface area contributed by atoms with Crippen molar-refractivity contribution in [3.05, 3.63) is 16.1 Å². The average molecular weight is 326 g/mol. The van der Waals surface area contributed by atoms with Gasteiger partial charge in [-0.15, -0.1) is 36.2 Å². The summed E-state index contributed by atoms with van der Waals surface area (Å²) in [7, 11) is 0. The fourth-order valence-electron chi connectivity index (χ4n) is 2.49. The number of likely N-dealkylation sites (tertiary alicyclic amines) is 1. The van der Waals surface area contributed by atoms with Crippen LogP contribution in [0.15, 0.2) is 5.38 Å². The first-order valence-corrected chi connectivity index (χ1v) is 7.58. The van der Waals surface area contributed by atoms with Crippen molar-refractivity contribution < 1.29 is 0 Å². The number of aryl methyl sites for hydroxylation is 1. The molecule has 0 aliphatic carbocycles. The maximum atomic E-state index is 5.84. The normalized spacial score (nSPS) is 19.6. The van der Waals surface area contributed by atoms with E-state index in [2.05, 4.69) is 17.2 Å². The van der Waals surface area contributed by atoms with E-state index in [1.807, 2.05) is 0 Å². The summed E-state index contributed by atoms with van der Waals surface area (Å²) in [6.07, 6.45) is 6.19. The topological polar surface area (TPSA) is 42.2 Å². The van der Waals surface area contributed by atoms with Crippen molar-refractivity contribution in [2.24, 2.45) is 5.73 Å². The Morgan fingerprint density at radius 1 is 1.42 bits per heavy atom. The van der Waals surface area contributed by atoms with E-state index in [1.54, 1.807) is 11.3 Å². The number of hydrogen-bond donors (Lipinski definition) is 1. The molecule has 0 amide bonds. The summed E-state index contributed by atoms with van der Waals surface area (Å²) in [4.78, 5) is 7.21. The van der Waals surface area contributed by atoms with Crippen LogP contribution in [-0.2, 0) is 13.0 Å². The molecule has 1 aliphatic rings. The quantitative estimate of drug-likeness (QED) is 0.903. The molecule has 3 nitrogen and oxygen atoms in total. The van der Waals surface area contributed by atoms with Crippen LogP contribution in [-0.4, -0.2) is 29.0 Å². The third-order valence-electron chi connectivity index (χ3n) is 3.45. The van der Waals surface area contributed by atoms with E-state index in [4.69, 9.17) is 10.7 Å². The van der Waals surface area contributed by atoms with Crippen LogP contribution in [0.25, 0.3) is 0 Å². The number of nitrogens with zero attached hydrogens (tertiary/aromatic N) is 2. The van der Waals surface area contributed by atoms with Crippen molar-refractivity contribution in [2.45, 2.75) is 51.6 Å². The lowest BCUT2D eigenvalue weighted by molar-refractivity contribution is 0.143. The van der Waals surface area contributed by atoms with Crippen molar-refractivity contribution in [1.82, 2.24) is 9.88 Å². The maximum absolute atomic E-state index is 5.84. The predicted octanol–water partition coefficient (Wildman–Crippen LogP) is 3.25. The summed E-state index contributed by atoms with van der Waals surface area (Å²) in [5.41, 5.74) is 7.08. The van der Waals surface area contributed by atoms with E-state index in [1.165, 1.54) is 42.9 Å². The second-order valence-corrected chi connectivity index (χ2v) is 5.78. The minimum atomic E-state index is 0. The van der Waals surface area contributed by atoms with Crippen molar-refractivity contribution in [3.63, 3.8) is 0 Å². The third kappa shape index (κ3) is 5.56. The Labute approximate surface area is 132 Å². The van der Waals surface area contributed by atoms with Crippen LogP contribution in [0.3, 0.4) is 0 Å². The van der Waals surface area contributed by atoms with Crippen molar-refractivity contribution in [3.8, 4) is 0 Å². The van der Waals surface area contributed by atoms with E-state index >= 15 is 0 Å². The number of aromatic nitrogens is 1. The molecule has 0 radical (unpaired) electrons. The third-order valence-corrected chi connectivity index (χ3v) is 4.41. The highest BCUT2D eigenvalue weighted by molar-refractivity contribution is 7.09. The highest BCUT2D eigenvalue weighted by atomic mass is 35.5. The van der Waals surface area contributed by atoms with Crippen LogP contribution in [0.2, 0.25) is 0 Å². The first-order chi connectivity index (χ1) is 8.33. The van der Waals surface area contributed by atoms with Crippen LogP contribution in [0, 0.1) is 0 Å². The van der Waals surface area contributed by atoms with Gasteiger partial charge in [0.25, 0.3) is 0 Å². The minimum Gasteiger partial charge on any atom is -0.329 e. The lowest BCUT2D eigenvalue weighted by atomic mass is 10.0. The summed E-state index contributed by atoms with van der Waals surface area (Å²) < 4.78 is 0. The van der Waals surface area contributed by atoms with E-state index in [0.717, 1.165) is 19.5 Å². The van der Waals surface area contributed by atoms with E-state index in [0.29, 0.717) is 6.04 Å². The standard InChI is InChI=1S/C13H23N3S.2ClH/c1-2-5-13-15-11(10-17-13)9-16-7-4-3-6-12(16)8-14;;/h10,12H,2-9,14H2,1H3;2*1H. The fraction of sp³-hybridized carbons (Fsp3) is 0.769. The summed E-state index contributed by atoms with van der Waals surface area (Å²) >= 11 is 1.80. The van der Waals surface area contributed by atoms with Crippen molar-refractivity contribution in [2.75, 3.05) is 13.1 Å². The van der Waals surface area contributed by atoms with Gasteiger partial charge < -0.3 is 5.73 Å².